The zero-order valence-corrected chi connectivity index (χ0v) is 14.3. The maximum atomic E-state index is 12.3. The number of rotatable bonds is 4. The maximum Gasteiger partial charge on any atom is 0.262 e. The quantitative estimate of drug-likeness (QED) is 0.821. The Hall–Kier alpha value is -1.42. The Morgan fingerprint density at radius 1 is 1.36 bits per heavy atom. The third-order valence-electron chi connectivity index (χ3n) is 2.95. The number of nitrogens with one attached hydrogen (secondary N) is 2. The topological polar surface area (TPSA) is 84.5 Å². The molecule has 6 nitrogen and oxygen atoms in total. The molecule has 0 aliphatic carbocycles. The first-order valence-electron chi connectivity index (χ1n) is 6.23. The first-order valence-corrected chi connectivity index (χ1v) is 9.39. The van der Waals surface area contributed by atoms with Crippen molar-refractivity contribution in [3.05, 3.63) is 39.0 Å². The molecule has 1 aromatic carbocycles. The van der Waals surface area contributed by atoms with Crippen LogP contribution in [0.1, 0.15) is 4.88 Å². The van der Waals surface area contributed by atoms with Crippen molar-refractivity contribution in [3.8, 4) is 5.75 Å². The summed E-state index contributed by atoms with van der Waals surface area (Å²) in [4.78, 5) is 12.3. The van der Waals surface area contributed by atoms with Crippen LogP contribution in [-0.4, -0.2) is 20.9 Å². The highest BCUT2D eigenvalue weighted by molar-refractivity contribution is 9.10. The molecule has 2 N–H and O–H groups in total. The van der Waals surface area contributed by atoms with E-state index in [1.165, 1.54) is 29.5 Å². The molecule has 1 amide bonds. The number of sulfonamides is 1. The Morgan fingerprint density at radius 3 is 2.91 bits per heavy atom. The fourth-order valence-corrected chi connectivity index (χ4v) is 4.44. The first-order chi connectivity index (χ1) is 10.4. The first kappa shape index (κ1) is 15.5. The largest absolute Gasteiger partial charge is 0.482 e. The molecule has 0 radical (unpaired) electrons. The van der Waals surface area contributed by atoms with Gasteiger partial charge in [0.1, 0.15) is 5.75 Å². The van der Waals surface area contributed by atoms with Crippen molar-refractivity contribution in [2.75, 3.05) is 11.9 Å². The van der Waals surface area contributed by atoms with Crippen LogP contribution >= 0.6 is 27.3 Å². The molecule has 22 heavy (non-hydrogen) atoms. The lowest BCUT2D eigenvalue weighted by atomic mass is 10.2. The number of benzene rings is 1. The summed E-state index contributed by atoms with van der Waals surface area (Å²) in [6.45, 7) is 0.142. The van der Waals surface area contributed by atoms with Crippen LogP contribution in [0.5, 0.6) is 5.75 Å². The van der Waals surface area contributed by atoms with Gasteiger partial charge in [-0.15, -0.1) is 11.3 Å². The molecule has 0 bridgehead atoms. The molecule has 0 spiro atoms. The fraction of sp³-hybridized carbons (Fsp3) is 0.154. The van der Waals surface area contributed by atoms with Gasteiger partial charge in [0, 0.05) is 21.3 Å². The minimum absolute atomic E-state index is 0.0649. The van der Waals surface area contributed by atoms with E-state index >= 15 is 0 Å². The molecule has 2 aromatic rings. The van der Waals surface area contributed by atoms with Crippen molar-refractivity contribution in [3.63, 3.8) is 0 Å². The van der Waals surface area contributed by atoms with E-state index < -0.39 is 10.0 Å². The zero-order chi connectivity index (χ0) is 15.7. The summed E-state index contributed by atoms with van der Waals surface area (Å²) in [6.07, 6.45) is 0. The van der Waals surface area contributed by atoms with Crippen molar-refractivity contribution in [1.29, 1.82) is 0 Å². The molecular weight excluding hydrogens is 392 g/mol. The molecule has 3 rings (SSSR count). The number of ether oxygens (including phenoxy) is 1. The van der Waals surface area contributed by atoms with E-state index in [0.29, 0.717) is 11.4 Å². The molecule has 0 unspecified atom stereocenters. The monoisotopic (exact) mass is 402 g/mol. The van der Waals surface area contributed by atoms with Gasteiger partial charge in [-0.1, -0.05) is 0 Å². The van der Waals surface area contributed by atoms with E-state index in [1.807, 2.05) is 11.4 Å². The second-order valence-electron chi connectivity index (χ2n) is 4.55. The van der Waals surface area contributed by atoms with E-state index in [-0.39, 0.29) is 24.0 Å². The van der Waals surface area contributed by atoms with Gasteiger partial charge >= 0.3 is 0 Å². The average Bonchev–Trinajstić information content (AvgIpc) is 2.90. The molecule has 116 valence electrons. The third kappa shape index (κ3) is 3.32. The van der Waals surface area contributed by atoms with Crippen molar-refractivity contribution in [2.45, 2.75) is 11.4 Å². The Balaban J connectivity index is 1.80. The lowest BCUT2D eigenvalue weighted by molar-refractivity contribution is -0.118. The molecule has 0 saturated heterocycles. The number of carbonyl (C=O) groups excluding carboxylic acids is 1. The normalized spacial score (nSPS) is 14.1. The predicted molar refractivity (Wildman–Crippen MR) is 86.6 cm³/mol. The van der Waals surface area contributed by atoms with Gasteiger partial charge in [-0.05, 0) is 40.2 Å². The van der Waals surface area contributed by atoms with Gasteiger partial charge in [0.05, 0.1) is 10.6 Å². The van der Waals surface area contributed by atoms with Gasteiger partial charge in [-0.25, -0.2) is 13.1 Å². The lowest BCUT2D eigenvalue weighted by Gasteiger charge is -2.18. The number of anilines is 1. The van der Waals surface area contributed by atoms with Crippen LogP contribution in [-0.2, 0) is 21.4 Å². The van der Waals surface area contributed by atoms with Gasteiger partial charge in [-0.2, -0.15) is 0 Å². The number of fused-ring (bicyclic) bond motifs is 1. The van der Waals surface area contributed by atoms with Crippen LogP contribution in [0.4, 0.5) is 5.69 Å². The summed E-state index contributed by atoms with van der Waals surface area (Å²) >= 11 is 4.78. The molecular formula is C13H11BrN2O4S2. The molecule has 0 saturated carbocycles. The number of halogens is 1. The highest BCUT2D eigenvalue weighted by atomic mass is 79.9. The number of hydrogen-bond acceptors (Lipinski definition) is 5. The van der Waals surface area contributed by atoms with Gasteiger partial charge in [0.25, 0.3) is 5.91 Å². The van der Waals surface area contributed by atoms with Crippen LogP contribution in [0.15, 0.2) is 39.0 Å². The molecule has 1 aromatic heterocycles. The lowest BCUT2D eigenvalue weighted by Crippen LogP contribution is -2.26. The summed E-state index contributed by atoms with van der Waals surface area (Å²) in [5, 5.41) is 4.47. The smallest absolute Gasteiger partial charge is 0.262 e. The second-order valence-corrected chi connectivity index (χ2v) is 8.23. The molecule has 0 atom stereocenters. The van der Waals surface area contributed by atoms with Crippen LogP contribution in [0.3, 0.4) is 0 Å². The van der Waals surface area contributed by atoms with Gasteiger partial charge in [-0.3, -0.25) is 4.79 Å². The van der Waals surface area contributed by atoms with E-state index in [0.717, 1.165) is 9.35 Å². The molecule has 9 heteroatoms. The standard InChI is InChI=1S/C13H11BrN2O4S2/c14-8-3-9(21-7-8)5-15-22(18,19)10-1-2-12-11(4-10)16-13(17)6-20-12/h1-4,7,15H,5-6H2,(H,16,17). The Bertz CT molecular complexity index is 832. The van der Waals surface area contributed by atoms with Crippen molar-refractivity contribution in [2.24, 2.45) is 0 Å². The Kier molecular flexibility index (Phi) is 4.22. The highest BCUT2D eigenvalue weighted by Crippen LogP contribution is 2.30. The summed E-state index contributed by atoms with van der Waals surface area (Å²) in [5.74, 6) is 0.152. The summed E-state index contributed by atoms with van der Waals surface area (Å²) in [7, 11) is -3.67. The Morgan fingerprint density at radius 2 is 2.18 bits per heavy atom. The van der Waals surface area contributed by atoms with Crippen LogP contribution in [0, 0.1) is 0 Å². The summed E-state index contributed by atoms with van der Waals surface area (Å²) < 4.78 is 33.3. The fourth-order valence-electron chi connectivity index (χ4n) is 1.93. The predicted octanol–water partition coefficient (Wildman–Crippen LogP) is 2.32. The number of thiophene rings is 1. The van der Waals surface area contributed by atoms with Gasteiger partial charge < -0.3 is 10.1 Å². The average molecular weight is 403 g/mol. The minimum atomic E-state index is -3.67. The molecule has 0 fully saturated rings. The third-order valence-corrected chi connectivity index (χ3v) is 6.05. The highest BCUT2D eigenvalue weighted by Gasteiger charge is 2.20. The van der Waals surface area contributed by atoms with Crippen molar-refractivity contribution < 1.29 is 17.9 Å². The van der Waals surface area contributed by atoms with E-state index in [9.17, 15) is 13.2 Å². The Labute approximate surface area is 139 Å². The van der Waals surface area contributed by atoms with Crippen LogP contribution < -0.4 is 14.8 Å². The van der Waals surface area contributed by atoms with Crippen molar-refractivity contribution >= 4 is 48.9 Å². The van der Waals surface area contributed by atoms with Crippen molar-refractivity contribution in [1.82, 2.24) is 4.72 Å². The number of amides is 1. The maximum absolute atomic E-state index is 12.3. The molecule has 1 aliphatic rings. The molecule has 2 heterocycles. The number of hydrogen-bond donors (Lipinski definition) is 2. The summed E-state index contributed by atoms with van der Waals surface area (Å²) in [5.41, 5.74) is 0.359. The molecule has 1 aliphatic heterocycles. The van der Waals surface area contributed by atoms with Crippen LogP contribution in [0.25, 0.3) is 0 Å². The SMILES string of the molecule is O=C1COc2ccc(S(=O)(=O)NCc3cc(Br)cs3)cc2N1. The van der Waals surface area contributed by atoms with Crippen LogP contribution in [0.2, 0.25) is 0 Å². The minimum Gasteiger partial charge on any atom is -0.482 e. The zero-order valence-electron chi connectivity index (χ0n) is 11.1. The second kappa shape index (κ2) is 5.99. The van der Waals surface area contributed by atoms with E-state index in [4.69, 9.17) is 4.74 Å². The number of carbonyl (C=O) groups is 1. The van der Waals surface area contributed by atoms with E-state index in [1.54, 1.807) is 0 Å². The van der Waals surface area contributed by atoms with E-state index in [2.05, 4.69) is 26.0 Å². The van der Waals surface area contributed by atoms with Gasteiger partial charge in [0.15, 0.2) is 6.61 Å². The summed E-state index contributed by atoms with van der Waals surface area (Å²) in [6, 6.07) is 6.22. The van der Waals surface area contributed by atoms with Gasteiger partial charge in [0.2, 0.25) is 10.0 Å².